The van der Waals surface area contributed by atoms with Crippen LogP contribution in [0.15, 0.2) is 11.1 Å². The van der Waals surface area contributed by atoms with E-state index in [1.807, 2.05) is 6.92 Å². The Morgan fingerprint density at radius 2 is 2.25 bits per heavy atom. The highest BCUT2D eigenvalue weighted by Crippen LogP contribution is 2.33. The monoisotopic (exact) mass is 302 g/mol. The van der Waals surface area contributed by atoms with E-state index in [0.717, 1.165) is 19.3 Å². The maximum Gasteiger partial charge on any atom is 0.248 e. The van der Waals surface area contributed by atoms with Crippen LogP contribution >= 0.6 is 0 Å². The molecule has 0 amide bonds. The second kappa shape index (κ2) is 6.11. The molecule has 8 heteroatoms. The van der Waals surface area contributed by atoms with E-state index in [-0.39, 0.29) is 16.8 Å². The van der Waals surface area contributed by atoms with E-state index in [0.29, 0.717) is 19.7 Å². The fourth-order valence-electron chi connectivity index (χ4n) is 2.13. The van der Waals surface area contributed by atoms with Crippen molar-refractivity contribution >= 4 is 15.8 Å². The molecular formula is C12H22N4O3S. The summed E-state index contributed by atoms with van der Waals surface area (Å²) in [7, 11) is -2.03. The Bertz CT molecular complexity index is 551. The van der Waals surface area contributed by atoms with Crippen molar-refractivity contribution in [2.75, 3.05) is 26.0 Å². The van der Waals surface area contributed by atoms with Gasteiger partial charge >= 0.3 is 0 Å². The Morgan fingerprint density at radius 1 is 1.55 bits per heavy atom. The summed E-state index contributed by atoms with van der Waals surface area (Å²) in [5.74, 6) is 0.0708. The average molecular weight is 302 g/mol. The molecule has 0 bridgehead atoms. The number of hydrogen-bond donors (Lipinski definition) is 1. The lowest BCUT2D eigenvalue weighted by molar-refractivity contribution is 0.177. The van der Waals surface area contributed by atoms with Crippen LogP contribution in [0.25, 0.3) is 0 Å². The number of nitrogen functional groups attached to an aromatic ring is 1. The van der Waals surface area contributed by atoms with Crippen molar-refractivity contribution < 1.29 is 13.2 Å². The third kappa shape index (κ3) is 3.13. The Hall–Kier alpha value is -1.12. The van der Waals surface area contributed by atoms with Crippen LogP contribution in [0.5, 0.6) is 0 Å². The summed E-state index contributed by atoms with van der Waals surface area (Å²) in [6.07, 6.45) is 4.19. The third-order valence-corrected chi connectivity index (χ3v) is 5.23. The van der Waals surface area contributed by atoms with E-state index in [1.54, 1.807) is 11.8 Å². The maximum atomic E-state index is 12.7. The van der Waals surface area contributed by atoms with E-state index in [2.05, 4.69) is 5.10 Å². The van der Waals surface area contributed by atoms with E-state index in [4.69, 9.17) is 10.5 Å². The van der Waals surface area contributed by atoms with Gasteiger partial charge in [-0.1, -0.05) is 6.92 Å². The summed E-state index contributed by atoms with van der Waals surface area (Å²) in [4.78, 5) is 0.106. The standard InChI is InChI=1S/C12H22N4O3S/c1-3-6-15-9-11(12(13)14-15)20(17,18)16(7-8-19-2)10-4-5-10/h9-10H,3-8H2,1-2H3,(H2,13,14). The summed E-state index contributed by atoms with van der Waals surface area (Å²) in [5.41, 5.74) is 5.78. The van der Waals surface area contributed by atoms with Gasteiger partial charge in [0.25, 0.3) is 0 Å². The number of hydrogen-bond acceptors (Lipinski definition) is 5. The maximum absolute atomic E-state index is 12.7. The number of nitrogens with two attached hydrogens (primary N) is 1. The molecule has 1 saturated carbocycles. The summed E-state index contributed by atoms with van der Waals surface area (Å²) in [6.45, 7) is 3.38. The first-order valence-electron chi connectivity index (χ1n) is 6.84. The van der Waals surface area contributed by atoms with Crippen LogP contribution in [0.2, 0.25) is 0 Å². The van der Waals surface area contributed by atoms with Gasteiger partial charge in [-0.15, -0.1) is 0 Å². The van der Waals surface area contributed by atoms with E-state index in [9.17, 15) is 8.42 Å². The molecule has 2 N–H and O–H groups in total. The van der Waals surface area contributed by atoms with Crippen molar-refractivity contribution in [3.63, 3.8) is 0 Å². The number of anilines is 1. The van der Waals surface area contributed by atoms with Crippen molar-refractivity contribution in [3.05, 3.63) is 6.20 Å². The highest BCUT2D eigenvalue weighted by molar-refractivity contribution is 7.89. The molecular weight excluding hydrogens is 280 g/mol. The first-order valence-corrected chi connectivity index (χ1v) is 8.28. The lowest BCUT2D eigenvalue weighted by atomic mass is 10.5. The van der Waals surface area contributed by atoms with Gasteiger partial charge in [0.05, 0.1) is 6.61 Å². The van der Waals surface area contributed by atoms with Crippen LogP contribution in [0.4, 0.5) is 5.82 Å². The lowest BCUT2D eigenvalue weighted by Crippen LogP contribution is -2.36. The minimum atomic E-state index is -3.59. The van der Waals surface area contributed by atoms with Gasteiger partial charge in [0.1, 0.15) is 4.90 Å². The zero-order valence-corrected chi connectivity index (χ0v) is 12.8. The summed E-state index contributed by atoms with van der Waals surface area (Å²) >= 11 is 0. The number of rotatable bonds is 8. The van der Waals surface area contributed by atoms with Crippen LogP contribution < -0.4 is 5.73 Å². The quantitative estimate of drug-likeness (QED) is 0.762. The molecule has 1 aliphatic rings. The number of nitrogens with zero attached hydrogens (tertiary/aromatic N) is 3. The van der Waals surface area contributed by atoms with Crippen molar-refractivity contribution in [2.24, 2.45) is 0 Å². The molecule has 0 atom stereocenters. The van der Waals surface area contributed by atoms with Crippen molar-refractivity contribution in [3.8, 4) is 0 Å². The molecule has 1 aliphatic carbocycles. The summed E-state index contributed by atoms with van der Waals surface area (Å²) in [6, 6.07) is 0.0732. The van der Waals surface area contributed by atoms with Crippen LogP contribution in [0.1, 0.15) is 26.2 Å². The number of aromatic nitrogens is 2. The first-order chi connectivity index (χ1) is 9.50. The third-order valence-electron chi connectivity index (χ3n) is 3.26. The zero-order valence-electron chi connectivity index (χ0n) is 11.9. The highest BCUT2D eigenvalue weighted by atomic mass is 32.2. The van der Waals surface area contributed by atoms with E-state index >= 15 is 0 Å². The van der Waals surface area contributed by atoms with Crippen molar-refractivity contribution in [1.29, 1.82) is 0 Å². The molecule has 1 aromatic rings. The molecule has 0 aliphatic heterocycles. The van der Waals surface area contributed by atoms with Gasteiger partial charge in [-0.3, -0.25) is 4.68 Å². The van der Waals surface area contributed by atoms with Gasteiger partial charge in [0.2, 0.25) is 10.0 Å². The Balaban J connectivity index is 2.27. The number of sulfonamides is 1. The zero-order chi connectivity index (χ0) is 14.8. The molecule has 2 rings (SSSR count). The molecule has 114 valence electrons. The molecule has 0 spiro atoms. The lowest BCUT2D eigenvalue weighted by Gasteiger charge is -2.20. The van der Waals surface area contributed by atoms with E-state index in [1.165, 1.54) is 10.5 Å². The Labute approximate surface area is 119 Å². The smallest absolute Gasteiger partial charge is 0.248 e. The molecule has 0 radical (unpaired) electrons. The summed E-state index contributed by atoms with van der Waals surface area (Å²) < 4.78 is 33.5. The van der Waals surface area contributed by atoms with Crippen LogP contribution in [0.3, 0.4) is 0 Å². The second-order valence-corrected chi connectivity index (χ2v) is 6.84. The average Bonchev–Trinajstić information content (AvgIpc) is 3.14. The SMILES string of the molecule is CCCn1cc(S(=O)(=O)N(CCOC)C2CC2)c(N)n1. The van der Waals surface area contributed by atoms with Crippen LogP contribution in [-0.4, -0.2) is 48.8 Å². The number of aryl methyl sites for hydroxylation is 1. The largest absolute Gasteiger partial charge is 0.383 e. The molecule has 0 unspecified atom stereocenters. The van der Waals surface area contributed by atoms with Gasteiger partial charge in [-0.2, -0.15) is 9.40 Å². The van der Waals surface area contributed by atoms with Gasteiger partial charge in [-0.25, -0.2) is 8.42 Å². The molecule has 1 fully saturated rings. The fraction of sp³-hybridized carbons (Fsp3) is 0.750. The number of methoxy groups -OCH3 is 1. The summed E-state index contributed by atoms with van der Waals surface area (Å²) in [5, 5.41) is 4.07. The highest BCUT2D eigenvalue weighted by Gasteiger charge is 2.39. The van der Waals surface area contributed by atoms with Crippen LogP contribution in [0, 0.1) is 0 Å². The normalized spacial score (nSPS) is 15.9. The minimum Gasteiger partial charge on any atom is -0.383 e. The van der Waals surface area contributed by atoms with Gasteiger partial charge < -0.3 is 10.5 Å². The predicted octanol–water partition coefficient (Wildman–Crippen LogP) is 0.675. The first kappa shape index (κ1) is 15.3. The predicted molar refractivity (Wildman–Crippen MR) is 75.7 cm³/mol. The second-order valence-electron chi connectivity index (χ2n) is 4.98. The molecule has 1 aromatic heterocycles. The minimum absolute atomic E-state index is 0.0708. The Morgan fingerprint density at radius 3 is 2.80 bits per heavy atom. The van der Waals surface area contributed by atoms with Crippen LogP contribution in [-0.2, 0) is 21.3 Å². The van der Waals surface area contributed by atoms with Crippen molar-refractivity contribution in [2.45, 2.75) is 43.7 Å². The topological polar surface area (TPSA) is 90.5 Å². The molecule has 7 nitrogen and oxygen atoms in total. The molecule has 0 saturated heterocycles. The van der Waals surface area contributed by atoms with Gasteiger partial charge in [0.15, 0.2) is 5.82 Å². The fourth-order valence-corrected chi connectivity index (χ4v) is 3.86. The van der Waals surface area contributed by atoms with E-state index < -0.39 is 10.0 Å². The molecule has 20 heavy (non-hydrogen) atoms. The van der Waals surface area contributed by atoms with Crippen molar-refractivity contribution in [1.82, 2.24) is 14.1 Å². The van der Waals surface area contributed by atoms with Gasteiger partial charge in [0, 0.05) is 32.4 Å². The number of ether oxygens (including phenoxy) is 1. The molecule has 0 aromatic carbocycles. The molecule has 1 heterocycles. The Kier molecular flexibility index (Phi) is 4.66. The van der Waals surface area contributed by atoms with Gasteiger partial charge in [-0.05, 0) is 19.3 Å².